The van der Waals surface area contributed by atoms with Crippen LogP contribution in [0.25, 0.3) is 0 Å². The molecule has 0 aromatic heterocycles. The molecule has 0 saturated carbocycles. The van der Waals surface area contributed by atoms with E-state index >= 15 is 0 Å². The Hall–Kier alpha value is -2.08. The van der Waals surface area contributed by atoms with Gasteiger partial charge in [0, 0.05) is 19.3 Å². The van der Waals surface area contributed by atoms with Gasteiger partial charge in [0.15, 0.2) is 0 Å². The molecule has 0 fully saturated rings. The third kappa shape index (κ3) is 5.39. The molecule has 104 valence electrons. The summed E-state index contributed by atoms with van der Waals surface area (Å²) >= 11 is 0. The Morgan fingerprint density at radius 1 is 1.47 bits per heavy atom. The second kappa shape index (κ2) is 8.10. The second-order valence-corrected chi connectivity index (χ2v) is 3.83. The largest absolute Gasteiger partial charge is 0.449 e. The van der Waals surface area contributed by atoms with Gasteiger partial charge in [-0.3, -0.25) is 0 Å². The van der Waals surface area contributed by atoms with Gasteiger partial charge in [0.1, 0.15) is 0 Å². The van der Waals surface area contributed by atoms with Gasteiger partial charge >= 0.3 is 6.09 Å². The Balaban J connectivity index is 2.52. The highest BCUT2D eigenvalue weighted by Crippen LogP contribution is 2.12. The van der Waals surface area contributed by atoms with Crippen molar-refractivity contribution in [2.75, 3.05) is 31.7 Å². The molecule has 1 amide bonds. The number of benzene rings is 1. The molecule has 1 rings (SSSR count). The number of ether oxygens (including phenoxy) is 1. The number of hydrazone groups is 1. The van der Waals surface area contributed by atoms with Crippen molar-refractivity contribution in [1.82, 2.24) is 5.43 Å². The van der Waals surface area contributed by atoms with Crippen LogP contribution in [0.3, 0.4) is 0 Å². The highest BCUT2D eigenvalue weighted by molar-refractivity contribution is 5.81. The zero-order valence-electron chi connectivity index (χ0n) is 11.2. The first-order valence-electron chi connectivity index (χ1n) is 6.05. The molecule has 0 heterocycles. The van der Waals surface area contributed by atoms with Crippen LogP contribution in [0.1, 0.15) is 12.5 Å². The van der Waals surface area contributed by atoms with E-state index in [1.807, 2.05) is 36.2 Å². The van der Waals surface area contributed by atoms with Crippen LogP contribution in [0.2, 0.25) is 0 Å². The summed E-state index contributed by atoms with van der Waals surface area (Å²) in [4.78, 5) is 12.9. The van der Waals surface area contributed by atoms with Gasteiger partial charge in [0.05, 0.1) is 19.4 Å². The van der Waals surface area contributed by atoms with Gasteiger partial charge in [-0.25, -0.2) is 10.2 Å². The van der Waals surface area contributed by atoms with E-state index in [0.717, 1.165) is 11.3 Å². The minimum atomic E-state index is -0.571. The number of anilines is 1. The van der Waals surface area contributed by atoms with Gasteiger partial charge in [0.25, 0.3) is 0 Å². The summed E-state index contributed by atoms with van der Waals surface area (Å²) in [6.07, 6.45) is 0.963. The molecule has 19 heavy (non-hydrogen) atoms. The summed E-state index contributed by atoms with van der Waals surface area (Å²) in [5.74, 6) is 0. The Kier molecular flexibility index (Phi) is 6.38. The minimum absolute atomic E-state index is 0.114. The summed E-state index contributed by atoms with van der Waals surface area (Å²) in [6, 6.07) is 7.59. The second-order valence-electron chi connectivity index (χ2n) is 3.83. The molecule has 0 saturated heterocycles. The van der Waals surface area contributed by atoms with Gasteiger partial charge in [0.2, 0.25) is 0 Å². The fourth-order valence-electron chi connectivity index (χ4n) is 1.42. The van der Waals surface area contributed by atoms with Crippen LogP contribution >= 0.6 is 0 Å². The Morgan fingerprint density at radius 2 is 2.16 bits per heavy atom. The lowest BCUT2D eigenvalue weighted by molar-refractivity contribution is 0.152. The third-order valence-electron chi connectivity index (χ3n) is 2.41. The van der Waals surface area contributed by atoms with Crippen molar-refractivity contribution < 1.29 is 14.6 Å². The van der Waals surface area contributed by atoms with E-state index in [1.54, 1.807) is 6.92 Å². The number of rotatable bonds is 6. The number of carbonyl (C=O) groups is 1. The first kappa shape index (κ1) is 15.0. The molecular weight excluding hydrogens is 246 g/mol. The number of amides is 1. The molecular formula is C13H19N3O3. The number of nitrogens with one attached hydrogen (secondary N) is 1. The van der Waals surface area contributed by atoms with E-state index in [2.05, 4.69) is 15.3 Å². The maximum Gasteiger partial charge on any atom is 0.427 e. The Bertz CT molecular complexity index is 418. The van der Waals surface area contributed by atoms with E-state index in [1.165, 1.54) is 6.21 Å². The predicted octanol–water partition coefficient (Wildman–Crippen LogP) is 1.20. The maximum absolute atomic E-state index is 11.0. The molecule has 0 atom stereocenters. The molecule has 6 nitrogen and oxygen atoms in total. The van der Waals surface area contributed by atoms with Crippen LogP contribution in [0.15, 0.2) is 29.4 Å². The van der Waals surface area contributed by atoms with E-state index < -0.39 is 6.09 Å². The van der Waals surface area contributed by atoms with Crippen LogP contribution in [0.5, 0.6) is 0 Å². The SMILES string of the molecule is CCOC(=O)N/N=C\c1ccc(N(C)CCO)cc1. The Morgan fingerprint density at radius 3 is 2.74 bits per heavy atom. The van der Waals surface area contributed by atoms with Crippen molar-refractivity contribution in [2.24, 2.45) is 5.10 Å². The van der Waals surface area contributed by atoms with Crippen LogP contribution in [-0.2, 0) is 4.74 Å². The molecule has 0 unspecified atom stereocenters. The first-order valence-corrected chi connectivity index (χ1v) is 6.05. The molecule has 0 spiro atoms. The van der Waals surface area contributed by atoms with Crippen molar-refractivity contribution >= 4 is 18.0 Å². The fourth-order valence-corrected chi connectivity index (χ4v) is 1.42. The number of hydrogen-bond acceptors (Lipinski definition) is 5. The summed E-state index contributed by atoms with van der Waals surface area (Å²) in [5, 5.41) is 12.6. The number of nitrogens with zero attached hydrogens (tertiary/aromatic N) is 2. The van der Waals surface area contributed by atoms with E-state index in [9.17, 15) is 4.79 Å². The van der Waals surface area contributed by atoms with Gasteiger partial charge in [-0.15, -0.1) is 0 Å². The van der Waals surface area contributed by atoms with Crippen LogP contribution < -0.4 is 10.3 Å². The van der Waals surface area contributed by atoms with Gasteiger partial charge in [-0.1, -0.05) is 12.1 Å². The van der Waals surface area contributed by atoms with E-state index in [4.69, 9.17) is 5.11 Å². The van der Waals surface area contributed by atoms with Crippen LogP contribution in [0.4, 0.5) is 10.5 Å². The number of likely N-dealkylation sites (N-methyl/N-ethyl adjacent to an activating group) is 1. The summed E-state index contributed by atoms with van der Waals surface area (Å²) in [5.41, 5.74) is 4.12. The van der Waals surface area contributed by atoms with Crippen molar-refractivity contribution in [3.8, 4) is 0 Å². The standard InChI is InChI=1S/C13H19N3O3/c1-3-19-13(18)15-14-10-11-4-6-12(7-5-11)16(2)8-9-17/h4-7,10,17H,3,8-9H2,1-2H3,(H,15,18)/b14-10-. The molecule has 1 aromatic rings. The topological polar surface area (TPSA) is 74.2 Å². The number of hydrogen-bond donors (Lipinski definition) is 2. The molecule has 2 N–H and O–H groups in total. The van der Waals surface area contributed by atoms with E-state index in [0.29, 0.717) is 13.2 Å². The fraction of sp³-hybridized carbons (Fsp3) is 0.385. The highest BCUT2D eigenvalue weighted by atomic mass is 16.5. The maximum atomic E-state index is 11.0. The zero-order chi connectivity index (χ0) is 14.1. The third-order valence-corrected chi connectivity index (χ3v) is 2.41. The van der Waals surface area contributed by atoms with Gasteiger partial charge < -0.3 is 14.7 Å². The average Bonchev–Trinajstić information content (AvgIpc) is 2.40. The van der Waals surface area contributed by atoms with Crippen molar-refractivity contribution in [3.05, 3.63) is 29.8 Å². The van der Waals surface area contributed by atoms with Crippen molar-refractivity contribution in [1.29, 1.82) is 0 Å². The summed E-state index contributed by atoms with van der Waals surface area (Å²) in [6.45, 7) is 2.74. The van der Waals surface area contributed by atoms with Gasteiger partial charge in [-0.05, 0) is 24.6 Å². The molecule has 0 aliphatic heterocycles. The molecule has 0 aliphatic carbocycles. The molecule has 6 heteroatoms. The minimum Gasteiger partial charge on any atom is -0.449 e. The lowest BCUT2D eigenvalue weighted by Crippen LogP contribution is -2.21. The lowest BCUT2D eigenvalue weighted by atomic mass is 10.2. The number of aliphatic hydroxyl groups excluding tert-OH is 1. The predicted molar refractivity (Wildman–Crippen MR) is 74.5 cm³/mol. The molecule has 1 aromatic carbocycles. The quantitative estimate of drug-likeness (QED) is 0.598. The summed E-state index contributed by atoms with van der Waals surface area (Å²) in [7, 11) is 1.90. The number of carbonyl (C=O) groups excluding carboxylic acids is 1. The molecule has 0 bridgehead atoms. The molecule has 0 aliphatic rings. The summed E-state index contributed by atoms with van der Waals surface area (Å²) < 4.78 is 4.66. The zero-order valence-corrected chi connectivity index (χ0v) is 11.2. The van der Waals surface area contributed by atoms with Crippen molar-refractivity contribution in [3.63, 3.8) is 0 Å². The van der Waals surface area contributed by atoms with E-state index in [-0.39, 0.29) is 6.61 Å². The highest BCUT2D eigenvalue weighted by Gasteiger charge is 1.99. The smallest absolute Gasteiger partial charge is 0.427 e. The number of aliphatic hydroxyl groups is 1. The van der Waals surface area contributed by atoms with Crippen LogP contribution in [-0.4, -0.2) is 44.2 Å². The average molecular weight is 265 g/mol. The lowest BCUT2D eigenvalue weighted by Gasteiger charge is -2.17. The normalized spacial score (nSPS) is 10.5. The van der Waals surface area contributed by atoms with Gasteiger partial charge in [-0.2, -0.15) is 5.10 Å². The molecule has 0 radical (unpaired) electrons. The first-order chi connectivity index (χ1) is 9.17. The monoisotopic (exact) mass is 265 g/mol. The van der Waals surface area contributed by atoms with Crippen molar-refractivity contribution in [2.45, 2.75) is 6.92 Å². The Labute approximate surface area is 112 Å². The van der Waals surface area contributed by atoms with Crippen LogP contribution in [0, 0.1) is 0 Å².